The zero-order chi connectivity index (χ0) is 26.8. The third kappa shape index (κ3) is 6.40. The molecule has 0 aromatic heterocycles. The summed E-state index contributed by atoms with van der Waals surface area (Å²) in [4.78, 5) is 14.9. The van der Waals surface area contributed by atoms with Crippen molar-refractivity contribution in [2.45, 2.75) is 89.2 Å². The van der Waals surface area contributed by atoms with Crippen molar-refractivity contribution < 1.29 is 27.4 Å². The normalized spacial score (nSPS) is 22.4. The SMILES string of the molecule is COc1cc2c(cc1CNC1CCCN(C(=O)OC(C)(C)C)C1c1ccccc1)C(C(F)(F)F)CCC2. The van der Waals surface area contributed by atoms with E-state index in [2.05, 4.69) is 5.32 Å². The van der Waals surface area contributed by atoms with Crippen LogP contribution in [0.2, 0.25) is 0 Å². The first-order chi connectivity index (χ1) is 17.5. The zero-order valence-corrected chi connectivity index (χ0v) is 22.0. The quantitative estimate of drug-likeness (QED) is 0.467. The van der Waals surface area contributed by atoms with Crippen LogP contribution in [0.5, 0.6) is 5.75 Å². The van der Waals surface area contributed by atoms with Gasteiger partial charge in [0.05, 0.1) is 19.1 Å². The van der Waals surface area contributed by atoms with Crippen LogP contribution in [-0.4, -0.2) is 42.5 Å². The van der Waals surface area contributed by atoms with E-state index < -0.39 is 17.7 Å². The van der Waals surface area contributed by atoms with Crippen molar-refractivity contribution in [2.24, 2.45) is 0 Å². The number of aryl methyl sites for hydroxylation is 1. The molecule has 0 bridgehead atoms. The Balaban J connectivity index is 1.61. The molecule has 8 heteroatoms. The largest absolute Gasteiger partial charge is 0.496 e. The van der Waals surface area contributed by atoms with Crippen LogP contribution in [-0.2, 0) is 17.7 Å². The summed E-state index contributed by atoms with van der Waals surface area (Å²) in [5.41, 5.74) is 2.13. The zero-order valence-electron chi connectivity index (χ0n) is 22.0. The molecule has 1 heterocycles. The molecular formula is C29H37F3N2O3. The summed E-state index contributed by atoms with van der Waals surface area (Å²) >= 11 is 0. The van der Waals surface area contributed by atoms with Crippen LogP contribution in [0.1, 0.15) is 80.7 Å². The summed E-state index contributed by atoms with van der Waals surface area (Å²) in [7, 11) is 1.55. The first kappa shape index (κ1) is 27.3. The molecule has 0 saturated carbocycles. The molecule has 3 unspecified atom stereocenters. The molecule has 4 rings (SSSR count). The van der Waals surface area contributed by atoms with Gasteiger partial charge in [-0.1, -0.05) is 30.3 Å². The second kappa shape index (κ2) is 10.9. The molecular weight excluding hydrogens is 481 g/mol. The number of nitrogens with zero attached hydrogens (tertiary/aromatic N) is 1. The highest BCUT2D eigenvalue weighted by Crippen LogP contribution is 2.45. The van der Waals surface area contributed by atoms with Gasteiger partial charge in [-0.05, 0) is 81.7 Å². The van der Waals surface area contributed by atoms with Gasteiger partial charge < -0.3 is 14.8 Å². The number of carbonyl (C=O) groups is 1. The summed E-state index contributed by atoms with van der Waals surface area (Å²) in [6.07, 6.45) is -1.79. The van der Waals surface area contributed by atoms with Crippen molar-refractivity contribution in [3.05, 3.63) is 64.7 Å². The van der Waals surface area contributed by atoms with Crippen LogP contribution < -0.4 is 10.1 Å². The summed E-state index contributed by atoms with van der Waals surface area (Å²) in [5, 5.41) is 3.56. The lowest BCUT2D eigenvalue weighted by molar-refractivity contribution is -0.153. The van der Waals surface area contributed by atoms with Crippen LogP contribution >= 0.6 is 0 Å². The lowest BCUT2D eigenvalue weighted by Crippen LogP contribution is -2.51. The number of fused-ring (bicyclic) bond motifs is 1. The van der Waals surface area contributed by atoms with E-state index in [1.54, 1.807) is 24.1 Å². The summed E-state index contributed by atoms with van der Waals surface area (Å²) in [6, 6.07) is 12.9. The number of likely N-dealkylation sites (tertiary alicyclic amines) is 1. The number of benzene rings is 2. The number of nitrogens with one attached hydrogen (secondary N) is 1. The molecule has 5 nitrogen and oxygen atoms in total. The van der Waals surface area contributed by atoms with E-state index >= 15 is 0 Å². The van der Waals surface area contributed by atoms with E-state index in [0.717, 1.165) is 18.4 Å². The first-order valence-corrected chi connectivity index (χ1v) is 13.0. The van der Waals surface area contributed by atoms with Gasteiger partial charge in [-0.3, -0.25) is 4.90 Å². The predicted octanol–water partition coefficient (Wildman–Crippen LogP) is 6.91. The lowest BCUT2D eigenvalue weighted by atomic mass is 9.81. The van der Waals surface area contributed by atoms with E-state index in [4.69, 9.17) is 9.47 Å². The Labute approximate surface area is 217 Å². The fourth-order valence-corrected chi connectivity index (χ4v) is 5.59. The van der Waals surface area contributed by atoms with Gasteiger partial charge in [-0.2, -0.15) is 13.2 Å². The molecule has 2 aromatic carbocycles. The molecule has 1 aliphatic heterocycles. The molecule has 2 aliphatic rings. The number of hydrogen-bond donors (Lipinski definition) is 1. The molecule has 0 radical (unpaired) electrons. The van der Waals surface area contributed by atoms with Gasteiger partial charge in [0.25, 0.3) is 0 Å². The molecule has 1 saturated heterocycles. The highest BCUT2D eigenvalue weighted by atomic mass is 19.4. The topological polar surface area (TPSA) is 50.8 Å². The maximum Gasteiger partial charge on any atom is 0.410 e. The minimum Gasteiger partial charge on any atom is -0.496 e. The average Bonchev–Trinajstić information content (AvgIpc) is 2.85. The Morgan fingerprint density at radius 3 is 2.46 bits per heavy atom. The Hall–Kier alpha value is -2.74. The lowest BCUT2D eigenvalue weighted by Gasteiger charge is -2.42. The van der Waals surface area contributed by atoms with Gasteiger partial charge in [0, 0.05) is 24.7 Å². The van der Waals surface area contributed by atoms with Crippen LogP contribution in [0.25, 0.3) is 0 Å². The van der Waals surface area contributed by atoms with Crippen molar-refractivity contribution in [3.8, 4) is 5.75 Å². The van der Waals surface area contributed by atoms with Crippen LogP contribution in [0, 0.1) is 0 Å². The molecule has 1 fully saturated rings. The Morgan fingerprint density at radius 1 is 1.08 bits per heavy atom. The van der Waals surface area contributed by atoms with Gasteiger partial charge in [0.1, 0.15) is 11.4 Å². The number of alkyl halides is 3. The van der Waals surface area contributed by atoms with Gasteiger partial charge in [-0.15, -0.1) is 0 Å². The molecule has 202 valence electrons. The maximum atomic E-state index is 13.8. The smallest absolute Gasteiger partial charge is 0.410 e. The number of carbonyl (C=O) groups excluding carboxylic acids is 1. The van der Waals surface area contributed by atoms with E-state index in [-0.39, 0.29) is 24.6 Å². The molecule has 0 spiro atoms. The number of halogens is 3. The van der Waals surface area contributed by atoms with E-state index in [1.165, 1.54) is 0 Å². The Morgan fingerprint density at radius 2 is 1.81 bits per heavy atom. The number of hydrogen-bond acceptors (Lipinski definition) is 4. The van der Waals surface area contributed by atoms with Gasteiger partial charge in [-0.25, -0.2) is 4.79 Å². The fourth-order valence-electron chi connectivity index (χ4n) is 5.59. The molecule has 2 aromatic rings. The molecule has 1 N–H and O–H groups in total. The summed E-state index contributed by atoms with van der Waals surface area (Å²) < 4.78 is 52.7. The second-order valence-corrected chi connectivity index (χ2v) is 11.0. The minimum absolute atomic E-state index is 0.109. The molecule has 1 aliphatic carbocycles. The molecule has 3 atom stereocenters. The molecule has 37 heavy (non-hydrogen) atoms. The van der Waals surface area contributed by atoms with E-state index in [9.17, 15) is 18.0 Å². The van der Waals surface area contributed by atoms with Crippen molar-refractivity contribution >= 4 is 6.09 Å². The standard InChI is InChI=1S/C29H37F3N2O3/c1-28(2,3)37-27(35)34-15-9-14-24(26(34)19-10-6-5-7-11-19)33-18-21-16-22-20(17-25(21)36-4)12-8-13-23(22)29(30,31)32/h5-7,10-11,16-17,23-24,26,33H,8-9,12-15,18H2,1-4H3. The number of piperidine rings is 1. The fraction of sp³-hybridized carbons (Fsp3) is 0.552. The number of rotatable bonds is 5. The van der Waals surface area contributed by atoms with Crippen LogP contribution in [0.3, 0.4) is 0 Å². The molecule has 1 amide bonds. The van der Waals surface area contributed by atoms with Gasteiger partial charge in [0.2, 0.25) is 0 Å². The van der Waals surface area contributed by atoms with E-state index in [1.807, 2.05) is 51.1 Å². The van der Waals surface area contributed by atoms with Crippen molar-refractivity contribution in [3.63, 3.8) is 0 Å². The summed E-state index contributed by atoms with van der Waals surface area (Å²) in [6.45, 7) is 6.44. The van der Waals surface area contributed by atoms with Gasteiger partial charge in [0.15, 0.2) is 0 Å². The van der Waals surface area contributed by atoms with E-state index in [0.29, 0.717) is 48.4 Å². The number of amides is 1. The summed E-state index contributed by atoms with van der Waals surface area (Å²) in [5.74, 6) is -0.861. The van der Waals surface area contributed by atoms with Crippen molar-refractivity contribution in [1.82, 2.24) is 10.2 Å². The third-order valence-corrected chi connectivity index (χ3v) is 7.21. The Kier molecular flexibility index (Phi) is 8.07. The predicted molar refractivity (Wildman–Crippen MR) is 137 cm³/mol. The average molecular weight is 519 g/mol. The van der Waals surface area contributed by atoms with Crippen LogP contribution in [0.4, 0.5) is 18.0 Å². The maximum absolute atomic E-state index is 13.8. The monoisotopic (exact) mass is 518 g/mol. The number of methoxy groups -OCH3 is 1. The Bertz CT molecular complexity index is 1080. The van der Waals surface area contributed by atoms with Crippen molar-refractivity contribution in [1.29, 1.82) is 0 Å². The minimum atomic E-state index is -4.27. The first-order valence-electron chi connectivity index (χ1n) is 13.0. The second-order valence-electron chi connectivity index (χ2n) is 11.0. The highest BCUT2D eigenvalue weighted by Gasteiger charge is 2.43. The van der Waals surface area contributed by atoms with Crippen LogP contribution in [0.15, 0.2) is 42.5 Å². The third-order valence-electron chi connectivity index (χ3n) is 7.21. The van der Waals surface area contributed by atoms with Crippen molar-refractivity contribution in [2.75, 3.05) is 13.7 Å². The highest BCUT2D eigenvalue weighted by molar-refractivity contribution is 5.69. The number of ether oxygens (including phenoxy) is 2. The van der Waals surface area contributed by atoms with Gasteiger partial charge >= 0.3 is 12.3 Å².